The number of amides is 1. The van der Waals surface area contributed by atoms with E-state index in [0.29, 0.717) is 17.7 Å². The Hall–Kier alpha value is -2.88. The van der Waals surface area contributed by atoms with E-state index in [-0.39, 0.29) is 11.5 Å². The number of aryl methyl sites for hydroxylation is 2. The molecule has 0 unspecified atom stereocenters. The van der Waals surface area contributed by atoms with Gasteiger partial charge in [-0.05, 0) is 48.6 Å². The lowest BCUT2D eigenvalue weighted by molar-refractivity contribution is -0.115. The normalized spacial score (nSPS) is 10.8. The average molecular weight is 349 g/mol. The molecule has 0 saturated carbocycles. The average Bonchev–Trinajstić information content (AvgIpc) is 2.60. The summed E-state index contributed by atoms with van der Waals surface area (Å²) >= 11 is 0. The van der Waals surface area contributed by atoms with Crippen LogP contribution in [0.3, 0.4) is 0 Å². The molecular weight excluding hydrogens is 326 g/mol. The van der Waals surface area contributed by atoms with Gasteiger partial charge in [-0.15, -0.1) is 0 Å². The number of hydrogen-bond acceptors (Lipinski definition) is 3. The summed E-state index contributed by atoms with van der Waals surface area (Å²) in [5.41, 5.74) is 3.85. The van der Waals surface area contributed by atoms with Crippen LogP contribution in [0.25, 0.3) is 11.0 Å². The zero-order valence-corrected chi connectivity index (χ0v) is 15.2. The van der Waals surface area contributed by atoms with Crippen molar-refractivity contribution in [3.05, 3.63) is 75.6 Å². The summed E-state index contributed by atoms with van der Waals surface area (Å²) < 4.78 is 5.22. The van der Waals surface area contributed by atoms with Crippen molar-refractivity contribution in [1.29, 1.82) is 0 Å². The van der Waals surface area contributed by atoms with Crippen molar-refractivity contribution in [1.82, 2.24) is 0 Å². The van der Waals surface area contributed by atoms with Crippen molar-refractivity contribution >= 4 is 22.6 Å². The van der Waals surface area contributed by atoms with Crippen molar-refractivity contribution in [3.63, 3.8) is 0 Å². The van der Waals surface area contributed by atoms with Crippen LogP contribution in [0, 0.1) is 6.92 Å². The van der Waals surface area contributed by atoms with Gasteiger partial charge in [-0.3, -0.25) is 4.79 Å². The minimum absolute atomic E-state index is 0.0966. The summed E-state index contributed by atoms with van der Waals surface area (Å²) in [6.45, 7) is 4.04. The lowest BCUT2D eigenvalue weighted by Crippen LogP contribution is -2.14. The van der Waals surface area contributed by atoms with Crippen LogP contribution in [0.15, 0.2) is 57.7 Å². The van der Waals surface area contributed by atoms with Gasteiger partial charge in [0.15, 0.2) is 0 Å². The first-order valence-corrected chi connectivity index (χ1v) is 8.97. The minimum atomic E-state index is -0.387. The Kier molecular flexibility index (Phi) is 5.52. The molecule has 3 aromatic rings. The molecule has 0 radical (unpaired) electrons. The number of hydrogen-bond donors (Lipinski definition) is 1. The first-order chi connectivity index (χ1) is 12.5. The first kappa shape index (κ1) is 17.9. The molecule has 0 atom stereocenters. The SMILES string of the molecule is CCCCc1ccc(CC(=O)Nc2ccc3c(C)cc(=O)oc3c2)cc1. The Morgan fingerprint density at radius 3 is 2.50 bits per heavy atom. The van der Waals surface area contributed by atoms with E-state index >= 15 is 0 Å². The van der Waals surface area contributed by atoms with Crippen molar-refractivity contribution in [2.75, 3.05) is 5.32 Å². The molecule has 4 nitrogen and oxygen atoms in total. The summed E-state index contributed by atoms with van der Waals surface area (Å²) in [6, 6.07) is 15.0. The second-order valence-corrected chi connectivity index (χ2v) is 6.60. The van der Waals surface area contributed by atoms with Gasteiger partial charge in [0.25, 0.3) is 0 Å². The molecular formula is C22H23NO3. The van der Waals surface area contributed by atoms with E-state index in [1.807, 2.05) is 31.2 Å². The molecule has 26 heavy (non-hydrogen) atoms. The van der Waals surface area contributed by atoms with Gasteiger partial charge >= 0.3 is 5.63 Å². The highest BCUT2D eigenvalue weighted by atomic mass is 16.4. The van der Waals surface area contributed by atoms with Crippen molar-refractivity contribution < 1.29 is 9.21 Å². The monoisotopic (exact) mass is 349 g/mol. The van der Waals surface area contributed by atoms with Gasteiger partial charge in [-0.25, -0.2) is 4.79 Å². The van der Waals surface area contributed by atoms with E-state index in [0.717, 1.165) is 22.9 Å². The van der Waals surface area contributed by atoms with Gasteiger partial charge in [0.1, 0.15) is 5.58 Å². The van der Waals surface area contributed by atoms with E-state index in [1.54, 1.807) is 6.07 Å². The third-order valence-corrected chi connectivity index (χ3v) is 4.44. The van der Waals surface area contributed by atoms with Crippen LogP contribution in [0.1, 0.15) is 36.5 Å². The van der Waals surface area contributed by atoms with Gasteiger partial charge in [0.05, 0.1) is 6.42 Å². The molecule has 1 amide bonds. The molecule has 0 aliphatic rings. The van der Waals surface area contributed by atoms with E-state index in [9.17, 15) is 9.59 Å². The molecule has 0 aliphatic heterocycles. The molecule has 0 spiro atoms. The van der Waals surface area contributed by atoms with Crippen molar-refractivity contribution in [3.8, 4) is 0 Å². The summed E-state index contributed by atoms with van der Waals surface area (Å²) in [6.07, 6.45) is 3.74. The lowest BCUT2D eigenvalue weighted by atomic mass is 10.0. The second kappa shape index (κ2) is 8.00. The maximum absolute atomic E-state index is 12.3. The van der Waals surface area contributed by atoms with Gasteiger partial charge < -0.3 is 9.73 Å². The van der Waals surface area contributed by atoms with Crippen LogP contribution in [-0.4, -0.2) is 5.91 Å². The Balaban J connectivity index is 1.68. The van der Waals surface area contributed by atoms with Gasteiger partial charge in [-0.1, -0.05) is 37.6 Å². The lowest BCUT2D eigenvalue weighted by Gasteiger charge is -2.08. The highest BCUT2D eigenvalue weighted by Crippen LogP contribution is 2.21. The van der Waals surface area contributed by atoms with E-state index in [2.05, 4.69) is 24.4 Å². The van der Waals surface area contributed by atoms with Crippen molar-refractivity contribution in [2.45, 2.75) is 39.5 Å². The molecule has 0 aliphatic carbocycles. The standard InChI is InChI=1S/C22H23NO3/c1-3-4-5-16-6-8-17(9-7-16)13-21(24)23-18-10-11-19-15(2)12-22(25)26-20(19)14-18/h6-12,14H,3-5,13H2,1-2H3,(H,23,24). The van der Waals surface area contributed by atoms with Crippen molar-refractivity contribution in [2.24, 2.45) is 0 Å². The van der Waals surface area contributed by atoms with Crippen LogP contribution in [-0.2, 0) is 17.6 Å². The van der Waals surface area contributed by atoms with E-state index < -0.39 is 0 Å². The molecule has 1 heterocycles. The number of carbonyl (C=O) groups is 1. The second-order valence-electron chi connectivity index (χ2n) is 6.60. The van der Waals surface area contributed by atoms with Crippen LogP contribution >= 0.6 is 0 Å². The fourth-order valence-electron chi connectivity index (χ4n) is 3.00. The van der Waals surface area contributed by atoms with Gasteiger partial charge in [-0.2, -0.15) is 0 Å². The van der Waals surface area contributed by atoms with Gasteiger partial charge in [0.2, 0.25) is 5.91 Å². The number of benzene rings is 2. The zero-order chi connectivity index (χ0) is 18.5. The number of rotatable bonds is 6. The number of unbranched alkanes of at least 4 members (excludes halogenated alkanes) is 1. The third-order valence-electron chi connectivity index (χ3n) is 4.44. The minimum Gasteiger partial charge on any atom is -0.423 e. The molecule has 134 valence electrons. The number of carbonyl (C=O) groups excluding carboxylic acids is 1. The summed E-state index contributed by atoms with van der Waals surface area (Å²) in [5, 5.41) is 3.74. The topological polar surface area (TPSA) is 59.3 Å². The largest absolute Gasteiger partial charge is 0.423 e. The fraction of sp³-hybridized carbons (Fsp3) is 0.273. The first-order valence-electron chi connectivity index (χ1n) is 8.97. The Morgan fingerprint density at radius 1 is 1.04 bits per heavy atom. The molecule has 2 aromatic carbocycles. The highest BCUT2D eigenvalue weighted by Gasteiger charge is 2.07. The maximum Gasteiger partial charge on any atom is 0.336 e. The Bertz CT molecular complexity index is 971. The maximum atomic E-state index is 12.3. The molecule has 0 fully saturated rings. The third kappa shape index (κ3) is 4.39. The molecule has 1 aromatic heterocycles. The summed E-state index contributed by atoms with van der Waals surface area (Å²) in [5.74, 6) is -0.0966. The van der Waals surface area contributed by atoms with Crippen LogP contribution in [0.5, 0.6) is 0 Å². The smallest absolute Gasteiger partial charge is 0.336 e. The quantitative estimate of drug-likeness (QED) is 0.660. The van der Waals surface area contributed by atoms with Crippen LogP contribution in [0.4, 0.5) is 5.69 Å². The molecule has 3 rings (SSSR count). The molecule has 0 bridgehead atoms. The predicted octanol–water partition coefficient (Wildman–Crippen LogP) is 4.63. The molecule has 0 saturated heterocycles. The number of anilines is 1. The Morgan fingerprint density at radius 2 is 1.77 bits per heavy atom. The van der Waals surface area contributed by atoms with Crippen LogP contribution in [0.2, 0.25) is 0 Å². The number of nitrogens with one attached hydrogen (secondary N) is 1. The summed E-state index contributed by atoms with van der Waals surface area (Å²) in [4.78, 5) is 23.8. The van der Waals surface area contributed by atoms with E-state index in [4.69, 9.17) is 4.42 Å². The summed E-state index contributed by atoms with van der Waals surface area (Å²) in [7, 11) is 0. The molecule has 1 N–H and O–H groups in total. The molecule has 4 heteroatoms. The number of fused-ring (bicyclic) bond motifs is 1. The van der Waals surface area contributed by atoms with Crippen LogP contribution < -0.4 is 10.9 Å². The van der Waals surface area contributed by atoms with E-state index in [1.165, 1.54) is 24.5 Å². The fourth-order valence-corrected chi connectivity index (χ4v) is 3.00. The predicted molar refractivity (Wildman–Crippen MR) is 105 cm³/mol. The Labute approximate surface area is 152 Å². The zero-order valence-electron chi connectivity index (χ0n) is 15.2. The van der Waals surface area contributed by atoms with Gasteiger partial charge in [0, 0.05) is 23.2 Å². The highest BCUT2D eigenvalue weighted by molar-refractivity contribution is 5.94.